The molecule has 427 valence electrons. The van der Waals surface area contributed by atoms with E-state index in [2.05, 4.69) is 0 Å². The van der Waals surface area contributed by atoms with Crippen LogP contribution in [0.25, 0.3) is 0 Å². The molecule has 0 amide bonds. The van der Waals surface area contributed by atoms with Gasteiger partial charge in [-0.15, -0.1) is 0 Å². The van der Waals surface area contributed by atoms with E-state index in [-0.39, 0.29) is 17.4 Å². The van der Waals surface area contributed by atoms with Gasteiger partial charge in [0.25, 0.3) is 0 Å². The standard InChI is InChI=1S/4C18H15OP.ClHO4.Cr/c4*19-20(16-10-4-1-5-11-16,17-12-6-2-7-13-17)18-14-8-3-9-15-18;2-1(3,4)5;/h4*1-15H;(H,2,3,4,5);/q;;;;;+3. The molecule has 0 atom stereocenters. The molecule has 0 aliphatic rings. The zero-order valence-corrected chi connectivity index (χ0v) is 52.1. The molecule has 1 N–H and O–H groups in total. The number of rotatable bonds is 12. The van der Waals surface area contributed by atoms with Gasteiger partial charge in [0.15, 0.2) is 28.6 Å². The van der Waals surface area contributed by atoms with Gasteiger partial charge in [-0.05, 0) is 0 Å². The topological polar surface area (TPSA) is 158 Å². The largest absolute Gasteiger partial charge is 3.00 e. The van der Waals surface area contributed by atoms with Crippen molar-refractivity contribution < 1.29 is 64.5 Å². The van der Waals surface area contributed by atoms with Crippen LogP contribution in [0.15, 0.2) is 364 Å². The zero-order valence-electron chi connectivity index (χ0n) is 46.5. The Bertz CT molecular complexity index is 3130. The third kappa shape index (κ3) is 16.8. The Morgan fingerprint density at radius 1 is 0.186 bits per heavy atom. The van der Waals surface area contributed by atoms with Crippen LogP contribution in [0.3, 0.4) is 0 Å². The molecule has 8 nitrogen and oxygen atoms in total. The summed E-state index contributed by atoms with van der Waals surface area (Å²) in [5.41, 5.74) is 0. The predicted molar refractivity (Wildman–Crippen MR) is 346 cm³/mol. The average Bonchev–Trinajstić information content (AvgIpc) is 2.53. The first-order valence-electron chi connectivity index (χ1n) is 27.0. The van der Waals surface area contributed by atoms with Gasteiger partial charge in [-0.25, -0.2) is 0 Å². The van der Waals surface area contributed by atoms with Crippen molar-refractivity contribution in [2.75, 3.05) is 0 Å². The van der Waals surface area contributed by atoms with Gasteiger partial charge in [0.2, 0.25) is 0 Å². The van der Waals surface area contributed by atoms with Crippen LogP contribution in [0.5, 0.6) is 0 Å². The summed E-state index contributed by atoms with van der Waals surface area (Å²) in [4.78, 5) is 0. The van der Waals surface area contributed by atoms with Crippen LogP contribution in [-0.2, 0) is 35.6 Å². The van der Waals surface area contributed by atoms with E-state index in [4.69, 9.17) is 18.6 Å². The van der Waals surface area contributed by atoms with E-state index in [1.54, 1.807) is 0 Å². The molecule has 0 bridgehead atoms. The molecule has 0 aliphatic heterocycles. The van der Waals surface area contributed by atoms with Crippen LogP contribution in [0, 0.1) is 10.2 Å². The Labute approximate surface area is 517 Å². The van der Waals surface area contributed by atoms with Crippen molar-refractivity contribution in [3.8, 4) is 0 Å². The maximum Gasteiger partial charge on any atom is 3.00 e. The summed E-state index contributed by atoms with van der Waals surface area (Å²) in [5.74, 6) is 0. The third-order valence-corrected chi connectivity index (χ3v) is 25.7. The minimum atomic E-state index is -4.69. The minimum absolute atomic E-state index is 0. The Hall–Kier alpha value is -7.78. The van der Waals surface area contributed by atoms with Crippen LogP contribution in [-0.4, -0.2) is 4.66 Å². The molecule has 0 unspecified atom stereocenters. The van der Waals surface area contributed by atoms with Crippen LogP contribution in [0.2, 0.25) is 0 Å². The number of hydrogen-bond donors (Lipinski definition) is 1. The van der Waals surface area contributed by atoms with Crippen LogP contribution < -0.4 is 77.6 Å². The second kappa shape index (κ2) is 32.1. The van der Waals surface area contributed by atoms with Gasteiger partial charge < -0.3 is 18.3 Å². The fourth-order valence-electron chi connectivity index (χ4n) is 9.44. The molecule has 1 radical (unpaired) electrons. The van der Waals surface area contributed by atoms with Gasteiger partial charge in [-0.1, -0.05) is 364 Å². The SMILES string of the molecule is O=P(c1ccccc1)(c1ccccc1)c1ccccc1.O=P(c1ccccc1)(c1ccccc1)c1ccccc1.O=P(c1ccccc1)(c1ccccc1)c1ccccc1.O=P(c1ccccc1)(c1ccccc1)c1ccccc1.[Cr+3].[O-][Cl+3]([O-])([O-])O. The number of halogens is 1. The molecule has 86 heavy (non-hydrogen) atoms. The molecule has 14 heteroatoms. The van der Waals surface area contributed by atoms with E-state index in [1.165, 1.54) is 0 Å². The van der Waals surface area contributed by atoms with Crippen molar-refractivity contribution in [3.63, 3.8) is 0 Å². The van der Waals surface area contributed by atoms with Crippen LogP contribution in [0.4, 0.5) is 0 Å². The molecular weight excluding hydrogens is 1200 g/mol. The van der Waals surface area contributed by atoms with Crippen molar-refractivity contribution in [1.82, 2.24) is 0 Å². The summed E-state index contributed by atoms with van der Waals surface area (Å²) in [6, 6.07) is 117. The van der Waals surface area contributed by atoms with Crippen LogP contribution in [0.1, 0.15) is 0 Å². The van der Waals surface area contributed by atoms with E-state index in [1.807, 2.05) is 364 Å². The Balaban J connectivity index is 0.000000159. The molecule has 0 saturated heterocycles. The van der Waals surface area contributed by atoms with E-state index in [9.17, 15) is 18.3 Å². The second-order valence-electron chi connectivity index (χ2n) is 18.9. The van der Waals surface area contributed by atoms with Gasteiger partial charge in [0.05, 0.1) is 14.9 Å². The summed E-state index contributed by atoms with van der Waals surface area (Å²) < 4.78 is 88.0. The van der Waals surface area contributed by atoms with Crippen molar-refractivity contribution >= 4 is 92.2 Å². The molecular formula is C72H61ClCrO8P4+3. The first-order valence-corrected chi connectivity index (χ1v) is 35.1. The smallest absolute Gasteiger partial charge is 0.309 e. The van der Waals surface area contributed by atoms with E-state index < -0.39 is 38.8 Å². The maximum absolute atomic E-state index is 13.8. The quantitative estimate of drug-likeness (QED) is 0.119. The number of benzene rings is 12. The van der Waals surface area contributed by atoms with E-state index in [0.717, 1.165) is 63.7 Å². The molecule has 0 fully saturated rings. The Morgan fingerprint density at radius 2 is 0.244 bits per heavy atom. The Morgan fingerprint density at radius 3 is 0.302 bits per heavy atom. The first kappa shape index (κ1) is 65.8. The zero-order chi connectivity index (χ0) is 59.9. The molecule has 0 aliphatic carbocycles. The van der Waals surface area contributed by atoms with Crippen molar-refractivity contribution in [1.29, 1.82) is 0 Å². The summed E-state index contributed by atoms with van der Waals surface area (Å²) in [6.07, 6.45) is 0. The third-order valence-electron chi connectivity index (χ3n) is 13.4. The van der Waals surface area contributed by atoms with Crippen molar-refractivity contribution in [2.24, 2.45) is 0 Å². The molecule has 12 aromatic carbocycles. The van der Waals surface area contributed by atoms with E-state index >= 15 is 0 Å². The van der Waals surface area contributed by atoms with Gasteiger partial charge >= 0.3 is 17.4 Å². The van der Waals surface area contributed by atoms with Crippen molar-refractivity contribution in [2.45, 2.75) is 0 Å². The van der Waals surface area contributed by atoms with Gasteiger partial charge in [0, 0.05) is 63.7 Å². The summed E-state index contributed by atoms with van der Waals surface area (Å²) in [6.45, 7) is 0. The Kier molecular flexibility index (Phi) is 24.5. The number of hydrogen-bond acceptors (Lipinski definition) is 8. The van der Waals surface area contributed by atoms with Gasteiger partial charge in [0.1, 0.15) is 0 Å². The summed E-state index contributed by atoms with van der Waals surface area (Å²) in [7, 11) is -15.8. The normalized spacial score (nSPS) is 11.1. The average molecular weight is 1270 g/mol. The maximum atomic E-state index is 13.8. The molecule has 12 rings (SSSR count). The predicted octanol–water partition coefficient (Wildman–Crippen LogP) is 9.18. The first-order chi connectivity index (χ1) is 41.3. The van der Waals surface area contributed by atoms with E-state index in [0.29, 0.717) is 0 Å². The fourth-order valence-corrected chi connectivity index (χ4v) is 20.1. The molecule has 0 aromatic heterocycles. The molecule has 0 spiro atoms. The van der Waals surface area contributed by atoms with Gasteiger partial charge in [-0.2, -0.15) is 14.0 Å². The second-order valence-corrected chi connectivity index (χ2v) is 30.7. The van der Waals surface area contributed by atoms with Crippen molar-refractivity contribution in [3.05, 3.63) is 364 Å². The minimum Gasteiger partial charge on any atom is -0.309 e. The summed E-state index contributed by atoms with van der Waals surface area (Å²) in [5, 5.41) is 10.5. The fraction of sp³-hybridized carbons (Fsp3) is 0. The van der Waals surface area contributed by atoms with Crippen LogP contribution >= 0.6 is 28.6 Å². The summed E-state index contributed by atoms with van der Waals surface area (Å²) >= 11 is 0. The molecule has 0 heterocycles. The van der Waals surface area contributed by atoms with Gasteiger partial charge in [-0.3, -0.25) is 0 Å². The molecule has 12 aromatic rings. The monoisotopic (exact) mass is 1260 g/mol. The molecule has 0 saturated carbocycles.